The van der Waals surface area contributed by atoms with Crippen molar-refractivity contribution in [2.45, 2.75) is 45.3 Å². The van der Waals surface area contributed by atoms with Crippen LogP contribution in [0.2, 0.25) is 5.02 Å². The fourth-order valence-electron chi connectivity index (χ4n) is 3.99. The fraction of sp³-hybridized carbons (Fsp3) is 0.450. The van der Waals surface area contributed by atoms with Gasteiger partial charge in [0.2, 0.25) is 17.6 Å². The number of imide groups is 1. The summed E-state index contributed by atoms with van der Waals surface area (Å²) in [5.74, 6) is -1.41. The zero-order valence-electron chi connectivity index (χ0n) is 15.8. The van der Waals surface area contributed by atoms with E-state index in [2.05, 4.69) is 10.1 Å². The molecule has 0 bridgehead atoms. The van der Waals surface area contributed by atoms with Crippen LogP contribution in [0.25, 0.3) is 11.4 Å². The summed E-state index contributed by atoms with van der Waals surface area (Å²) in [7, 11) is 0. The summed E-state index contributed by atoms with van der Waals surface area (Å²) in [4.78, 5) is 42.9. The molecule has 2 fully saturated rings. The Kier molecular flexibility index (Phi) is 5.36. The normalized spacial score (nSPS) is 22.5. The average Bonchev–Trinajstić information content (AvgIpc) is 3.29. The van der Waals surface area contributed by atoms with Gasteiger partial charge >= 0.3 is 5.97 Å². The monoisotopic (exact) mass is 417 g/mol. The van der Waals surface area contributed by atoms with Gasteiger partial charge in [-0.3, -0.25) is 14.5 Å². The molecule has 0 radical (unpaired) electrons. The highest BCUT2D eigenvalue weighted by Crippen LogP contribution is 2.39. The number of benzene rings is 1. The minimum atomic E-state index is -0.990. The molecule has 1 aromatic heterocycles. The molecule has 1 aliphatic carbocycles. The first-order valence-electron chi connectivity index (χ1n) is 9.58. The Bertz CT molecular complexity index is 935. The van der Waals surface area contributed by atoms with Gasteiger partial charge in [-0.25, -0.2) is 4.79 Å². The number of halogens is 1. The van der Waals surface area contributed by atoms with Crippen LogP contribution < -0.4 is 0 Å². The minimum Gasteiger partial charge on any atom is -0.454 e. The van der Waals surface area contributed by atoms with Gasteiger partial charge in [0.1, 0.15) is 6.04 Å². The van der Waals surface area contributed by atoms with Crippen molar-refractivity contribution in [1.82, 2.24) is 15.0 Å². The van der Waals surface area contributed by atoms with E-state index < -0.39 is 12.0 Å². The van der Waals surface area contributed by atoms with Gasteiger partial charge < -0.3 is 9.26 Å². The van der Waals surface area contributed by atoms with E-state index >= 15 is 0 Å². The van der Waals surface area contributed by atoms with Crippen LogP contribution in [0.1, 0.15) is 38.5 Å². The van der Waals surface area contributed by atoms with Crippen molar-refractivity contribution >= 4 is 29.4 Å². The van der Waals surface area contributed by atoms with Crippen LogP contribution in [0.4, 0.5) is 0 Å². The molecule has 0 unspecified atom stereocenters. The third-order valence-electron chi connectivity index (χ3n) is 5.49. The lowest BCUT2D eigenvalue weighted by molar-refractivity contribution is -0.159. The topological polar surface area (TPSA) is 103 Å². The molecular formula is C20H20ClN3O5. The lowest BCUT2D eigenvalue weighted by Gasteiger charge is -2.21. The van der Waals surface area contributed by atoms with E-state index in [0.717, 1.165) is 17.7 Å². The molecule has 0 spiro atoms. The number of ether oxygens (including phenoxy) is 1. The lowest BCUT2D eigenvalue weighted by Crippen LogP contribution is -2.44. The average molecular weight is 418 g/mol. The quantitative estimate of drug-likeness (QED) is 0.544. The van der Waals surface area contributed by atoms with E-state index in [1.165, 1.54) is 6.92 Å². The number of aromatic nitrogens is 2. The van der Waals surface area contributed by atoms with Crippen molar-refractivity contribution in [3.63, 3.8) is 0 Å². The number of hydrogen-bond donors (Lipinski definition) is 0. The number of carbonyl (C=O) groups is 3. The summed E-state index contributed by atoms with van der Waals surface area (Å²) in [6, 6.07) is 5.96. The standard InChI is InChI=1S/C20H20ClN3O5/c1-11(24-18(25)14-7-2-3-8-15(14)19(24)26)20(27)28-10-16-22-17(23-29-16)12-5-4-6-13(21)9-12/h4-6,9,11,14-15H,2-3,7-8,10H2,1H3/t11-,14+,15+/m0/s1. The molecule has 0 N–H and O–H groups in total. The first-order valence-corrected chi connectivity index (χ1v) is 9.95. The molecule has 2 aromatic rings. The highest BCUT2D eigenvalue weighted by Gasteiger charge is 2.51. The molecular weight excluding hydrogens is 398 g/mol. The number of amides is 2. The maximum Gasteiger partial charge on any atom is 0.329 e. The predicted molar refractivity (Wildman–Crippen MR) is 101 cm³/mol. The van der Waals surface area contributed by atoms with Crippen LogP contribution in [-0.2, 0) is 25.7 Å². The van der Waals surface area contributed by atoms with Gasteiger partial charge in [-0.05, 0) is 31.9 Å². The van der Waals surface area contributed by atoms with Crippen LogP contribution in [-0.4, -0.2) is 38.9 Å². The Hall–Kier alpha value is -2.74. The minimum absolute atomic E-state index is 0.105. The van der Waals surface area contributed by atoms with Gasteiger partial charge in [-0.15, -0.1) is 0 Å². The largest absolute Gasteiger partial charge is 0.454 e. The molecule has 4 rings (SSSR count). The third-order valence-corrected chi connectivity index (χ3v) is 5.73. The SMILES string of the molecule is C[C@@H](C(=O)OCc1nc(-c2cccc(Cl)c2)no1)N1C(=O)[C@@H]2CCCC[C@H]2C1=O. The van der Waals surface area contributed by atoms with Gasteiger partial charge in [0.15, 0.2) is 6.61 Å². The van der Waals surface area contributed by atoms with Crippen molar-refractivity contribution in [2.75, 3.05) is 0 Å². The molecule has 3 atom stereocenters. The van der Waals surface area contributed by atoms with Gasteiger partial charge in [0, 0.05) is 10.6 Å². The molecule has 8 nitrogen and oxygen atoms in total. The molecule has 2 aliphatic rings. The van der Waals surface area contributed by atoms with Gasteiger partial charge in [0.25, 0.3) is 5.89 Å². The van der Waals surface area contributed by atoms with Gasteiger partial charge in [-0.2, -0.15) is 4.98 Å². The van der Waals surface area contributed by atoms with Crippen LogP contribution in [0.15, 0.2) is 28.8 Å². The van der Waals surface area contributed by atoms with Crippen LogP contribution >= 0.6 is 11.6 Å². The van der Waals surface area contributed by atoms with E-state index in [0.29, 0.717) is 29.3 Å². The summed E-state index contributed by atoms with van der Waals surface area (Å²) in [5.41, 5.74) is 0.670. The molecule has 1 aliphatic heterocycles. The molecule has 1 saturated heterocycles. The Morgan fingerprint density at radius 1 is 1.28 bits per heavy atom. The van der Waals surface area contributed by atoms with Crippen molar-refractivity contribution in [3.8, 4) is 11.4 Å². The molecule has 2 heterocycles. The summed E-state index contributed by atoms with van der Waals surface area (Å²) in [5, 5.41) is 4.38. The number of hydrogen-bond acceptors (Lipinski definition) is 7. The number of rotatable bonds is 5. The highest BCUT2D eigenvalue weighted by atomic mass is 35.5. The molecule has 29 heavy (non-hydrogen) atoms. The van der Waals surface area contributed by atoms with Crippen molar-refractivity contribution in [2.24, 2.45) is 11.8 Å². The van der Waals surface area contributed by atoms with Crippen molar-refractivity contribution < 1.29 is 23.6 Å². The predicted octanol–water partition coefficient (Wildman–Crippen LogP) is 3.00. The van der Waals surface area contributed by atoms with Gasteiger partial charge in [-0.1, -0.05) is 41.7 Å². The smallest absolute Gasteiger partial charge is 0.329 e. The van der Waals surface area contributed by atoms with E-state index in [9.17, 15) is 14.4 Å². The van der Waals surface area contributed by atoms with Crippen LogP contribution in [0.5, 0.6) is 0 Å². The Labute approximate surface area is 172 Å². The maximum atomic E-state index is 12.6. The molecule has 9 heteroatoms. The maximum absolute atomic E-state index is 12.6. The number of carbonyl (C=O) groups excluding carboxylic acids is 3. The second-order valence-corrected chi connectivity index (χ2v) is 7.79. The summed E-state index contributed by atoms with van der Waals surface area (Å²) in [6.45, 7) is 1.25. The van der Waals surface area contributed by atoms with Crippen molar-refractivity contribution in [1.29, 1.82) is 0 Å². The molecule has 2 amide bonds. The fourth-order valence-corrected chi connectivity index (χ4v) is 4.18. The Balaban J connectivity index is 1.39. The zero-order valence-corrected chi connectivity index (χ0v) is 16.6. The number of nitrogens with zero attached hydrogens (tertiary/aromatic N) is 3. The number of fused-ring (bicyclic) bond motifs is 1. The first-order chi connectivity index (χ1) is 14.0. The zero-order chi connectivity index (χ0) is 20.5. The molecule has 152 valence electrons. The third kappa shape index (κ3) is 3.76. The van der Waals surface area contributed by atoms with E-state index in [1.54, 1.807) is 24.3 Å². The van der Waals surface area contributed by atoms with Crippen LogP contribution in [0, 0.1) is 11.8 Å². The first kappa shape index (κ1) is 19.6. The summed E-state index contributed by atoms with van der Waals surface area (Å²) in [6.07, 6.45) is 3.25. The van der Waals surface area contributed by atoms with Gasteiger partial charge in [0.05, 0.1) is 11.8 Å². The molecule has 1 saturated carbocycles. The molecule has 1 aromatic carbocycles. The summed E-state index contributed by atoms with van der Waals surface area (Å²) < 4.78 is 10.3. The Morgan fingerprint density at radius 3 is 2.62 bits per heavy atom. The van der Waals surface area contributed by atoms with E-state index in [4.69, 9.17) is 20.9 Å². The lowest BCUT2D eigenvalue weighted by atomic mass is 9.81. The van der Waals surface area contributed by atoms with Crippen LogP contribution in [0.3, 0.4) is 0 Å². The number of esters is 1. The Morgan fingerprint density at radius 2 is 1.97 bits per heavy atom. The second kappa shape index (κ2) is 7.94. The highest BCUT2D eigenvalue weighted by molar-refractivity contribution is 6.30. The summed E-state index contributed by atoms with van der Waals surface area (Å²) >= 11 is 5.95. The van der Waals surface area contributed by atoms with E-state index in [1.807, 2.05) is 0 Å². The van der Waals surface area contributed by atoms with E-state index in [-0.39, 0.29) is 36.1 Å². The second-order valence-electron chi connectivity index (χ2n) is 7.35. The number of likely N-dealkylation sites (tertiary alicyclic amines) is 1. The van der Waals surface area contributed by atoms with Crippen molar-refractivity contribution in [3.05, 3.63) is 35.2 Å².